The normalized spacial score (nSPS) is 11.5. The molecule has 0 unspecified atom stereocenters. The van der Waals surface area contributed by atoms with Crippen LogP contribution >= 0.6 is 22.9 Å². The second kappa shape index (κ2) is 6.56. The average Bonchev–Trinajstić information content (AvgIpc) is 2.92. The molecule has 0 aliphatic heterocycles. The van der Waals surface area contributed by atoms with E-state index in [2.05, 4.69) is 4.98 Å². The molecule has 7 heteroatoms. The lowest BCUT2D eigenvalue weighted by Crippen LogP contribution is -2.11. The lowest BCUT2D eigenvalue weighted by molar-refractivity contribution is 0.414. The molecule has 108 valence electrons. The van der Waals surface area contributed by atoms with Crippen LogP contribution in [0.5, 0.6) is 5.75 Å². The zero-order chi connectivity index (χ0) is 14.6. The number of aromatic nitrogens is 1. The van der Waals surface area contributed by atoms with E-state index in [1.165, 1.54) is 18.4 Å². The van der Waals surface area contributed by atoms with Gasteiger partial charge in [-0.3, -0.25) is 4.98 Å². The summed E-state index contributed by atoms with van der Waals surface area (Å²) >= 11 is 7.57. The van der Waals surface area contributed by atoms with Gasteiger partial charge in [-0.25, -0.2) is 8.42 Å². The van der Waals surface area contributed by atoms with Crippen molar-refractivity contribution >= 4 is 32.8 Å². The Bertz CT molecular complexity index is 669. The highest BCUT2D eigenvalue weighted by molar-refractivity contribution is 7.90. The van der Waals surface area contributed by atoms with E-state index < -0.39 is 9.84 Å². The predicted octanol–water partition coefficient (Wildman–Crippen LogP) is 2.96. The van der Waals surface area contributed by atoms with E-state index in [1.54, 1.807) is 29.9 Å². The number of sulfone groups is 1. The van der Waals surface area contributed by atoms with Crippen LogP contribution in [0.3, 0.4) is 0 Å². The zero-order valence-electron chi connectivity index (χ0n) is 10.9. The molecule has 20 heavy (non-hydrogen) atoms. The van der Waals surface area contributed by atoms with E-state index >= 15 is 0 Å². The minimum atomic E-state index is -3.22. The fourth-order valence-corrected chi connectivity index (χ4v) is 4.22. The van der Waals surface area contributed by atoms with Crippen molar-refractivity contribution < 1.29 is 13.2 Å². The van der Waals surface area contributed by atoms with Gasteiger partial charge in [0, 0.05) is 11.1 Å². The summed E-state index contributed by atoms with van der Waals surface area (Å²) in [5.41, 5.74) is 2.26. The van der Waals surface area contributed by atoms with Crippen LogP contribution in [0.2, 0.25) is 5.02 Å². The van der Waals surface area contributed by atoms with Gasteiger partial charge in [0.2, 0.25) is 0 Å². The van der Waals surface area contributed by atoms with E-state index in [4.69, 9.17) is 16.3 Å². The number of benzene rings is 1. The summed E-state index contributed by atoms with van der Waals surface area (Å²) in [6.45, 7) is 0. The van der Waals surface area contributed by atoms with E-state index in [0.29, 0.717) is 22.8 Å². The van der Waals surface area contributed by atoms with Gasteiger partial charge in [0.25, 0.3) is 0 Å². The van der Waals surface area contributed by atoms with Gasteiger partial charge in [0.15, 0.2) is 9.84 Å². The van der Waals surface area contributed by atoms with E-state index in [0.717, 1.165) is 4.88 Å². The fraction of sp³-hybridized carbons (Fsp3) is 0.308. The molecule has 0 fully saturated rings. The van der Waals surface area contributed by atoms with Crippen molar-refractivity contribution in [2.24, 2.45) is 0 Å². The van der Waals surface area contributed by atoms with Gasteiger partial charge < -0.3 is 4.74 Å². The standard InChI is InChI=1S/C13H14ClNO3S2/c1-18-12-4-2-3-10(13(12)14)8-20(16,17)6-5-11-7-15-9-19-11/h2-4,7,9H,5-6,8H2,1H3. The fourth-order valence-electron chi connectivity index (χ4n) is 1.76. The lowest BCUT2D eigenvalue weighted by Gasteiger charge is -2.09. The maximum atomic E-state index is 12.1. The molecule has 0 aliphatic rings. The molecule has 1 heterocycles. The number of aryl methyl sites for hydroxylation is 1. The first-order chi connectivity index (χ1) is 9.52. The second-order valence-corrected chi connectivity index (χ2v) is 7.78. The summed E-state index contributed by atoms with van der Waals surface area (Å²) in [5.74, 6) is 0.492. The quantitative estimate of drug-likeness (QED) is 0.816. The molecule has 0 saturated carbocycles. The molecule has 1 aromatic heterocycles. The number of nitrogens with zero attached hydrogens (tertiary/aromatic N) is 1. The van der Waals surface area contributed by atoms with Crippen LogP contribution in [0.1, 0.15) is 10.4 Å². The van der Waals surface area contributed by atoms with Crippen LogP contribution in [-0.2, 0) is 22.0 Å². The Morgan fingerprint density at radius 2 is 2.20 bits per heavy atom. The molecule has 0 saturated heterocycles. The van der Waals surface area contributed by atoms with Gasteiger partial charge in [-0.05, 0) is 18.1 Å². The van der Waals surface area contributed by atoms with Crippen molar-refractivity contribution in [2.75, 3.05) is 12.9 Å². The van der Waals surface area contributed by atoms with Gasteiger partial charge in [-0.2, -0.15) is 0 Å². The predicted molar refractivity (Wildman–Crippen MR) is 81.3 cm³/mol. The summed E-state index contributed by atoms with van der Waals surface area (Å²) in [7, 11) is -1.72. The smallest absolute Gasteiger partial charge is 0.154 e. The van der Waals surface area contributed by atoms with E-state index in [1.807, 2.05) is 0 Å². The number of ether oxygens (including phenoxy) is 1. The highest BCUT2D eigenvalue weighted by atomic mass is 35.5. The number of hydrogen-bond acceptors (Lipinski definition) is 5. The highest BCUT2D eigenvalue weighted by Gasteiger charge is 2.16. The third-order valence-corrected chi connectivity index (χ3v) is 5.63. The zero-order valence-corrected chi connectivity index (χ0v) is 13.3. The first kappa shape index (κ1) is 15.3. The van der Waals surface area contributed by atoms with Crippen LogP contribution in [0.25, 0.3) is 0 Å². The number of rotatable bonds is 6. The third-order valence-electron chi connectivity index (χ3n) is 2.78. The summed E-state index contributed by atoms with van der Waals surface area (Å²) in [6.07, 6.45) is 2.17. The van der Waals surface area contributed by atoms with Crippen LogP contribution in [-0.4, -0.2) is 26.3 Å². The molecule has 2 aromatic rings. The number of hydrogen-bond donors (Lipinski definition) is 0. The van der Waals surface area contributed by atoms with Gasteiger partial charge in [-0.1, -0.05) is 23.7 Å². The van der Waals surface area contributed by atoms with Crippen LogP contribution in [0.15, 0.2) is 29.9 Å². The van der Waals surface area contributed by atoms with E-state index in [-0.39, 0.29) is 11.5 Å². The van der Waals surface area contributed by atoms with Gasteiger partial charge in [-0.15, -0.1) is 11.3 Å². The Balaban J connectivity index is 2.08. The first-order valence-corrected chi connectivity index (χ1v) is 8.99. The Hall–Kier alpha value is -1.11. The molecule has 0 bridgehead atoms. The highest BCUT2D eigenvalue weighted by Crippen LogP contribution is 2.29. The molecule has 0 radical (unpaired) electrons. The molecule has 2 rings (SSSR count). The van der Waals surface area contributed by atoms with Crippen molar-refractivity contribution in [3.63, 3.8) is 0 Å². The second-order valence-electron chi connectivity index (χ2n) is 4.24. The summed E-state index contributed by atoms with van der Waals surface area (Å²) in [5, 5.41) is 0.358. The molecule has 0 spiro atoms. The summed E-state index contributed by atoms with van der Waals surface area (Å²) in [6, 6.07) is 5.14. The Morgan fingerprint density at radius 1 is 1.40 bits per heavy atom. The third kappa shape index (κ3) is 3.94. The monoisotopic (exact) mass is 331 g/mol. The molecular formula is C13H14ClNO3S2. The molecular weight excluding hydrogens is 318 g/mol. The molecule has 0 N–H and O–H groups in total. The van der Waals surface area contributed by atoms with Gasteiger partial charge >= 0.3 is 0 Å². The molecule has 1 aromatic carbocycles. The average molecular weight is 332 g/mol. The summed E-state index contributed by atoms with van der Waals surface area (Å²) < 4.78 is 29.3. The first-order valence-electron chi connectivity index (χ1n) is 5.91. The maximum Gasteiger partial charge on any atom is 0.154 e. The van der Waals surface area contributed by atoms with Crippen molar-refractivity contribution in [3.8, 4) is 5.75 Å². The van der Waals surface area contributed by atoms with Crippen LogP contribution in [0, 0.1) is 0 Å². The Kier molecular flexibility index (Phi) is 5.01. The van der Waals surface area contributed by atoms with Crippen molar-refractivity contribution in [1.29, 1.82) is 0 Å². The Labute approximate surface area is 127 Å². The Morgan fingerprint density at radius 3 is 2.85 bits per heavy atom. The maximum absolute atomic E-state index is 12.1. The van der Waals surface area contributed by atoms with Crippen molar-refractivity contribution in [1.82, 2.24) is 4.98 Å². The minimum absolute atomic E-state index is 0.0815. The molecule has 0 aliphatic carbocycles. The minimum Gasteiger partial charge on any atom is -0.495 e. The van der Waals surface area contributed by atoms with E-state index in [9.17, 15) is 8.42 Å². The van der Waals surface area contributed by atoms with Crippen molar-refractivity contribution in [2.45, 2.75) is 12.2 Å². The number of halogens is 1. The number of methoxy groups -OCH3 is 1. The lowest BCUT2D eigenvalue weighted by atomic mass is 10.2. The number of thiazole rings is 1. The van der Waals surface area contributed by atoms with Crippen LogP contribution in [0.4, 0.5) is 0 Å². The van der Waals surface area contributed by atoms with Gasteiger partial charge in [0.05, 0.1) is 29.1 Å². The van der Waals surface area contributed by atoms with Gasteiger partial charge in [0.1, 0.15) is 5.75 Å². The largest absolute Gasteiger partial charge is 0.495 e. The molecule has 4 nitrogen and oxygen atoms in total. The molecule has 0 atom stereocenters. The van der Waals surface area contributed by atoms with Crippen molar-refractivity contribution in [3.05, 3.63) is 45.4 Å². The van der Waals surface area contributed by atoms with Crippen LogP contribution < -0.4 is 4.74 Å². The summed E-state index contributed by atoms with van der Waals surface area (Å²) in [4.78, 5) is 4.89. The topological polar surface area (TPSA) is 56.3 Å². The molecule has 0 amide bonds. The SMILES string of the molecule is COc1cccc(CS(=O)(=O)CCc2cncs2)c1Cl.